The molecule has 0 saturated heterocycles. The van der Waals surface area contributed by atoms with Crippen molar-refractivity contribution in [2.24, 2.45) is 0 Å². The Hall–Kier alpha value is -3.55. The highest BCUT2D eigenvalue weighted by Gasteiger charge is 2.22. The Morgan fingerprint density at radius 1 is 1.04 bits per heavy atom. The van der Waals surface area contributed by atoms with Crippen LogP contribution in [0.2, 0.25) is 0 Å². The van der Waals surface area contributed by atoms with Crippen LogP contribution in [0.1, 0.15) is 28.4 Å². The van der Waals surface area contributed by atoms with Gasteiger partial charge in [0.15, 0.2) is 0 Å². The monoisotopic (exact) mass is 386 g/mol. The Kier molecular flexibility index (Phi) is 7.38. The van der Waals surface area contributed by atoms with Gasteiger partial charge in [-0.25, -0.2) is 0 Å². The summed E-state index contributed by atoms with van der Waals surface area (Å²) in [6, 6.07) is 12.5. The Morgan fingerprint density at radius 2 is 1.75 bits per heavy atom. The van der Waals surface area contributed by atoms with Gasteiger partial charge in [-0.1, -0.05) is 18.2 Å². The van der Waals surface area contributed by atoms with Crippen molar-refractivity contribution >= 4 is 17.8 Å². The van der Waals surface area contributed by atoms with Crippen molar-refractivity contribution in [3.63, 3.8) is 0 Å². The molecular weight excluding hydrogens is 364 g/mol. The first-order chi connectivity index (χ1) is 13.4. The fourth-order valence-corrected chi connectivity index (χ4v) is 2.62. The highest BCUT2D eigenvalue weighted by atomic mass is 16.5. The first-order valence-electron chi connectivity index (χ1n) is 8.51. The van der Waals surface area contributed by atoms with Crippen molar-refractivity contribution in [1.82, 2.24) is 10.6 Å². The van der Waals surface area contributed by atoms with Crippen molar-refractivity contribution in [2.45, 2.75) is 12.5 Å². The molecule has 0 aliphatic rings. The Morgan fingerprint density at radius 3 is 2.36 bits per heavy atom. The number of carboxylic acids is 1. The molecule has 2 aromatic carbocycles. The number of benzene rings is 2. The molecule has 2 amide bonds. The Bertz CT molecular complexity index is 838. The summed E-state index contributed by atoms with van der Waals surface area (Å²) in [4.78, 5) is 35.6. The number of ether oxygens (including phenoxy) is 2. The van der Waals surface area contributed by atoms with Crippen molar-refractivity contribution < 1.29 is 29.0 Å². The second-order valence-electron chi connectivity index (χ2n) is 5.87. The van der Waals surface area contributed by atoms with Gasteiger partial charge < -0.3 is 25.2 Å². The summed E-state index contributed by atoms with van der Waals surface area (Å²) < 4.78 is 10.4. The molecule has 28 heavy (non-hydrogen) atoms. The number of hydrogen-bond donors (Lipinski definition) is 3. The van der Waals surface area contributed by atoms with Gasteiger partial charge in [-0.3, -0.25) is 14.4 Å². The maximum Gasteiger partial charge on any atom is 0.305 e. The molecule has 0 radical (unpaired) electrons. The number of amides is 2. The van der Waals surface area contributed by atoms with Gasteiger partial charge in [0.25, 0.3) is 5.91 Å². The second-order valence-corrected chi connectivity index (χ2v) is 5.87. The third-order valence-corrected chi connectivity index (χ3v) is 3.98. The van der Waals surface area contributed by atoms with E-state index in [9.17, 15) is 19.5 Å². The summed E-state index contributed by atoms with van der Waals surface area (Å²) >= 11 is 0. The number of carbonyl (C=O) groups excluding carboxylic acids is 2. The van der Waals surface area contributed by atoms with Crippen LogP contribution in [-0.2, 0) is 9.59 Å². The van der Waals surface area contributed by atoms with E-state index in [0.717, 1.165) is 0 Å². The lowest BCUT2D eigenvalue weighted by molar-refractivity contribution is -0.137. The zero-order valence-electron chi connectivity index (χ0n) is 15.6. The van der Waals surface area contributed by atoms with E-state index in [0.29, 0.717) is 22.6 Å². The summed E-state index contributed by atoms with van der Waals surface area (Å²) in [5.41, 5.74) is 0.919. The largest absolute Gasteiger partial charge is 0.497 e. The second kappa shape index (κ2) is 9.96. The predicted octanol–water partition coefficient (Wildman–Crippen LogP) is 1.77. The summed E-state index contributed by atoms with van der Waals surface area (Å²) in [6.45, 7) is -0.289. The molecule has 2 rings (SSSR count). The number of carboxylic acid groups (broad SMARTS) is 1. The molecule has 0 fully saturated rings. The van der Waals surface area contributed by atoms with Crippen molar-refractivity contribution in [2.75, 3.05) is 20.8 Å². The first kappa shape index (κ1) is 20.8. The zero-order valence-corrected chi connectivity index (χ0v) is 15.6. The summed E-state index contributed by atoms with van der Waals surface area (Å²) in [5, 5.41) is 14.3. The lowest BCUT2D eigenvalue weighted by Crippen LogP contribution is -2.39. The summed E-state index contributed by atoms with van der Waals surface area (Å²) in [7, 11) is 2.94. The van der Waals surface area contributed by atoms with Crippen LogP contribution in [0.4, 0.5) is 0 Å². The Balaban J connectivity index is 2.08. The maximum atomic E-state index is 12.3. The molecule has 0 saturated carbocycles. The number of carbonyl (C=O) groups is 3. The fourth-order valence-electron chi connectivity index (χ4n) is 2.62. The van der Waals surface area contributed by atoms with Crippen LogP contribution in [0, 0.1) is 0 Å². The minimum atomic E-state index is -1.09. The molecule has 0 aliphatic carbocycles. The van der Waals surface area contributed by atoms with Gasteiger partial charge >= 0.3 is 5.97 Å². The highest BCUT2D eigenvalue weighted by molar-refractivity contribution is 5.96. The molecule has 1 unspecified atom stereocenters. The standard InChI is InChI=1S/C20H22N2O6/c1-27-14-8-9-15(17(10-14)28-2)16(11-19(24)25)22-18(23)12-21-20(26)13-6-4-3-5-7-13/h3-10,16H,11-12H2,1-2H3,(H,21,26)(H,22,23)(H,24,25). The van der Waals surface area contributed by atoms with E-state index in [-0.39, 0.29) is 13.0 Å². The van der Waals surface area contributed by atoms with Crippen LogP contribution in [0.25, 0.3) is 0 Å². The predicted molar refractivity (Wildman–Crippen MR) is 101 cm³/mol. The fraction of sp³-hybridized carbons (Fsp3) is 0.250. The summed E-state index contributed by atoms with van der Waals surface area (Å²) in [5.74, 6) is -1.08. The normalized spacial score (nSPS) is 11.2. The van der Waals surface area contributed by atoms with Gasteiger partial charge in [0.1, 0.15) is 11.5 Å². The van der Waals surface area contributed by atoms with Crippen molar-refractivity contribution in [1.29, 1.82) is 0 Å². The van der Waals surface area contributed by atoms with Gasteiger partial charge in [0, 0.05) is 17.2 Å². The molecule has 148 valence electrons. The topological polar surface area (TPSA) is 114 Å². The molecular formula is C20H22N2O6. The van der Waals surface area contributed by atoms with Crippen LogP contribution in [-0.4, -0.2) is 43.7 Å². The van der Waals surface area contributed by atoms with E-state index in [2.05, 4.69) is 10.6 Å². The molecule has 0 aromatic heterocycles. The van der Waals surface area contributed by atoms with E-state index >= 15 is 0 Å². The van der Waals surface area contributed by atoms with Crippen molar-refractivity contribution in [3.05, 3.63) is 59.7 Å². The van der Waals surface area contributed by atoms with Crippen LogP contribution in [0.3, 0.4) is 0 Å². The average molecular weight is 386 g/mol. The average Bonchev–Trinajstić information content (AvgIpc) is 2.71. The molecule has 2 aromatic rings. The molecule has 0 aliphatic heterocycles. The minimum absolute atomic E-state index is 0.289. The van der Waals surface area contributed by atoms with Crippen LogP contribution in [0.5, 0.6) is 11.5 Å². The number of rotatable bonds is 9. The number of nitrogens with one attached hydrogen (secondary N) is 2. The summed E-state index contributed by atoms with van der Waals surface area (Å²) in [6.07, 6.45) is -0.346. The van der Waals surface area contributed by atoms with Crippen LogP contribution < -0.4 is 20.1 Å². The minimum Gasteiger partial charge on any atom is -0.497 e. The third kappa shape index (κ3) is 5.73. The Labute approximate surface area is 162 Å². The van der Waals surface area contributed by atoms with E-state index < -0.39 is 23.8 Å². The molecule has 0 bridgehead atoms. The first-order valence-corrected chi connectivity index (χ1v) is 8.51. The lowest BCUT2D eigenvalue weighted by atomic mass is 10.0. The number of aliphatic carboxylic acids is 1. The highest BCUT2D eigenvalue weighted by Crippen LogP contribution is 2.31. The molecule has 8 heteroatoms. The smallest absolute Gasteiger partial charge is 0.305 e. The van der Waals surface area contributed by atoms with Gasteiger partial charge in [-0.2, -0.15) is 0 Å². The van der Waals surface area contributed by atoms with Gasteiger partial charge in [-0.05, 0) is 24.3 Å². The maximum absolute atomic E-state index is 12.3. The molecule has 3 N–H and O–H groups in total. The van der Waals surface area contributed by atoms with Crippen LogP contribution >= 0.6 is 0 Å². The zero-order chi connectivity index (χ0) is 20.5. The quantitative estimate of drug-likeness (QED) is 0.605. The molecule has 1 atom stereocenters. The molecule has 8 nitrogen and oxygen atoms in total. The van der Waals surface area contributed by atoms with Crippen LogP contribution in [0.15, 0.2) is 48.5 Å². The SMILES string of the molecule is COc1ccc(C(CC(=O)O)NC(=O)CNC(=O)c2ccccc2)c(OC)c1. The van der Waals surface area contributed by atoms with E-state index in [4.69, 9.17) is 9.47 Å². The van der Waals surface area contributed by atoms with E-state index in [1.807, 2.05) is 0 Å². The van der Waals surface area contributed by atoms with Crippen molar-refractivity contribution in [3.8, 4) is 11.5 Å². The van der Waals surface area contributed by atoms with Gasteiger partial charge in [0.2, 0.25) is 5.91 Å². The van der Waals surface area contributed by atoms with Gasteiger partial charge in [0.05, 0.1) is 33.2 Å². The third-order valence-electron chi connectivity index (χ3n) is 3.98. The van der Waals surface area contributed by atoms with E-state index in [1.54, 1.807) is 48.5 Å². The van der Waals surface area contributed by atoms with Gasteiger partial charge in [-0.15, -0.1) is 0 Å². The number of hydrogen-bond acceptors (Lipinski definition) is 5. The molecule has 0 heterocycles. The lowest BCUT2D eigenvalue weighted by Gasteiger charge is -2.20. The van der Waals surface area contributed by atoms with E-state index in [1.165, 1.54) is 14.2 Å². The number of methoxy groups -OCH3 is 2. The molecule has 0 spiro atoms.